The van der Waals surface area contributed by atoms with Crippen LogP contribution in [-0.2, 0) is 6.42 Å². The topological polar surface area (TPSA) is 67.5 Å². The third-order valence-corrected chi connectivity index (χ3v) is 3.65. The number of nitrogens with one attached hydrogen (secondary N) is 1. The van der Waals surface area contributed by atoms with Crippen LogP contribution in [0.1, 0.15) is 16.7 Å². The van der Waals surface area contributed by atoms with Crippen LogP contribution in [0.15, 0.2) is 15.6 Å². The Morgan fingerprint density at radius 2 is 2.57 bits per heavy atom. The molecule has 0 saturated heterocycles. The maximum Gasteiger partial charge on any atom is 0.332 e. The summed E-state index contributed by atoms with van der Waals surface area (Å²) in [4.78, 5) is 12.5. The minimum absolute atomic E-state index is 0.660. The van der Waals surface area contributed by atoms with E-state index in [0.717, 1.165) is 15.8 Å². The first-order chi connectivity index (χ1) is 6.63. The van der Waals surface area contributed by atoms with Crippen LogP contribution >= 0.6 is 27.3 Å². The summed E-state index contributed by atoms with van der Waals surface area (Å²) in [5.74, 6) is 0. The van der Waals surface area contributed by atoms with E-state index >= 15 is 0 Å². The lowest BCUT2D eigenvalue weighted by Crippen LogP contribution is -2.24. The molecule has 0 saturated carbocycles. The highest BCUT2D eigenvalue weighted by molar-refractivity contribution is 9.10. The van der Waals surface area contributed by atoms with Gasteiger partial charge in [0.25, 0.3) is 0 Å². The normalized spacial score (nSPS) is 10.7. The van der Waals surface area contributed by atoms with Gasteiger partial charge in [0.2, 0.25) is 0 Å². The van der Waals surface area contributed by atoms with Crippen molar-refractivity contribution in [2.75, 3.05) is 0 Å². The van der Waals surface area contributed by atoms with Crippen molar-refractivity contribution in [3.05, 3.63) is 20.3 Å². The predicted molar refractivity (Wildman–Crippen MR) is 61.7 cm³/mol. The number of nitrogens with two attached hydrogens (primary N) is 1. The van der Waals surface area contributed by atoms with Crippen molar-refractivity contribution in [1.29, 1.82) is 0 Å². The van der Waals surface area contributed by atoms with Crippen molar-refractivity contribution in [1.82, 2.24) is 5.43 Å². The summed E-state index contributed by atoms with van der Waals surface area (Å²) in [6.45, 7) is 2.08. The van der Waals surface area contributed by atoms with Crippen molar-refractivity contribution in [2.24, 2.45) is 10.8 Å². The highest BCUT2D eigenvalue weighted by Gasteiger charge is 2.02. The third kappa shape index (κ3) is 3.12. The Morgan fingerprint density at radius 1 is 1.86 bits per heavy atom. The van der Waals surface area contributed by atoms with Crippen LogP contribution < -0.4 is 11.2 Å². The Balaban J connectivity index is 2.67. The zero-order chi connectivity index (χ0) is 10.6. The van der Waals surface area contributed by atoms with Crippen molar-refractivity contribution in [2.45, 2.75) is 13.3 Å². The van der Waals surface area contributed by atoms with Gasteiger partial charge in [-0.05, 0) is 28.4 Å². The average molecular weight is 276 g/mol. The minimum Gasteiger partial charge on any atom is -0.350 e. The molecule has 4 nitrogen and oxygen atoms in total. The van der Waals surface area contributed by atoms with E-state index in [1.165, 1.54) is 4.88 Å². The minimum atomic E-state index is -0.660. The number of amides is 2. The Hall–Kier alpha value is -0.880. The number of urea groups is 1. The molecule has 0 aliphatic heterocycles. The summed E-state index contributed by atoms with van der Waals surface area (Å²) in [7, 11) is 0. The predicted octanol–water partition coefficient (Wildman–Crippen LogP) is 2.08. The first kappa shape index (κ1) is 11.2. The third-order valence-electron chi connectivity index (χ3n) is 1.46. The van der Waals surface area contributed by atoms with Crippen LogP contribution in [0.5, 0.6) is 0 Å². The fraction of sp³-hybridized carbons (Fsp3) is 0.250. The van der Waals surface area contributed by atoms with E-state index in [0.29, 0.717) is 0 Å². The van der Waals surface area contributed by atoms with Gasteiger partial charge in [0.1, 0.15) is 0 Å². The van der Waals surface area contributed by atoms with Crippen LogP contribution in [0.2, 0.25) is 0 Å². The van der Waals surface area contributed by atoms with E-state index in [4.69, 9.17) is 5.73 Å². The molecule has 0 fully saturated rings. The SMILES string of the molecule is CCc1sc(/C=N/NC(N)=O)cc1Br. The summed E-state index contributed by atoms with van der Waals surface area (Å²) < 4.78 is 1.07. The molecular weight excluding hydrogens is 266 g/mol. The number of rotatable bonds is 3. The second-order valence-corrected chi connectivity index (χ2v) is 4.53. The molecule has 0 atom stereocenters. The quantitative estimate of drug-likeness (QED) is 0.644. The molecule has 1 aromatic heterocycles. The lowest BCUT2D eigenvalue weighted by atomic mass is 10.4. The number of carbonyl (C=O) groups is 1. The van der Waals surface area contributed by atoms with Gasteiger partial charge in [-0.2, -0.15) is 5.10 Å². The smallest absolute Gasteiger partial charge is 0.332 e. The molecule has 14 heavy (non-hydrogen) atoms. The van der Waals surface area contributed by atoms with Gasteiger partial charge in [0, 0.05) is 14.2 Å². The number of halogens is 1. The molecule has 2 amide bonds. The molecule has 1 heterocycles. The van der Waals surface area contributed by atoms with E-state index in [9.17, 15) is 4.79 Å². The largest absolute Gasteiger partial charge is 0.350 e. The lowest BCUT2D eigenvalue weighted by molar-refractivity contribution is 0.249. The monoisotopic (exact) mass is 275 g/mol. The van der Waals surface area contributed by atoms with E-state index in [-0.39, 0.29) is 0 Å². The number of hydrogen-bond donors (Lipinski definition) is 2. The Kier molecular flexibility index (Phi) is 4.09. The first-order valence-electron chi connectivity index (χ1n) is 4.00. The molecule has 3 N–H and O–H groups in total. The number of carbonyl (C=O) groups excluding carboxylic acids is 1. The Morgan fingerprint density at radius 3 is 3.07 bits per heavy atom. The van der Waals surface area contributed by atoms with Gasteiger partial charge in [0.05, 0.1) is 6.21 Å². The molecule has 0 radical (unpaired) electrons. The summed E-state index contributed by atoms with van der Waals surface area (Å²) in [6.07, 6.45) is 2.54. The average Bonchev–Trinajstić information content (AvgIpc) is 2.45. The van der Waals surface area contributed by atoms with Gasteiger partial charge in [-0.25, -0.2) is 10.2 Å². The van der Waals surface area contributed by atoms with E-state index in [1.807, 2.05) is 6.07 Å². The van der Waals surface area contributed by atoms with E-state index in [1.54, 1.807) is 17.6 Å². The number of nitrogens with zero attached hydrogens (tertiary/aromatic N) is 1. The maximum absolute atomic E-state index is 10.3. The molecule has 0 aliphatic carbocycles. The van der Waals surface area contributed by atoms with Gasteiger partial charge in [0.15, 0.2) is 0 Å². The van der Waals surface area contributed by atoms with Crippen molar-refractivity contribution < 1.29 is 4.79 Å². The van der Waals surface area contributed by atoms with Gasteiger partial charge in [-0.3, -0.25) is 0 Å². The Bertz CT molecular complexity index is 361. The molecule has 76 valence electrons. The van der Waals surface area contributed by atoms with Crippen LogP contribution in [0, 0.1) is 0 Å². The second-order valence-electron chi connectivity index (χ2n) is 2.51. The lowest BCUT2D eigenvalue weighted by Gasteiger charge is -1.88. The van der Waals surface area contributed by atoms with Gasteiger partial charge in [-0.1, -0.05) is 6.92 Å². The number of thiophene rings is 1. The number of primary amides is 1. The standard InChI is InChI=1S/C8H10BrN3OS/c1-2-7-6(9)3-5(14-7)4-11-12-8(10)13/h3-4H,2H2,1H3,(H3,10,12,13)/b11-4+. The molecule has 1 aromatic rings. The number of aryl methyl sites for hydroxylation is 1. The number of hydrazone groups is 1. The Labute approximate surface area is 94.3 Å². The fourth-order valence-corrected chi connectivity index (χ4v) is 2.68. The fourth-order valence-electron chi connectivity index (χ4n) is 0.890. The summed E-state index contributed by atoms with van der Waals surface area (Å²) >= 11 is 5.06. The van der Waals surface area contributed by atoms with Crippen LogP contribution in [0.4, 0.5) is 4.79 Å². The molecule has 6 heteroatoms. The van der Waals surface area contributed by atoms with Crippen molar-refractivity contribution in [3.8, 4) is 0 Å². The van der Waals surface area contributed by atoms with Crippen LogP contribution in [0.25, 0.3) is 0 Å². The van der Waals surface area contributed by atoms with Crippen LogP contribution in [-0.4, -0.2) is 12.2 Å². The van der Waals surface area contributed by atoms with Gasteiger partial charge >= 0.3 is 6.03 Å². The van der Waals surface area contributed by atoms with Crippen molar-refractivity contribution in [3.63, 3.8) is 0 Å². The molecule has 0 spiro atoms. The highest BCUT2D eigenvalue weighted by atomic mass is 79.9. The molecular formula is C8H10BrN3OS. The van der Waals surface area contributed by atoms with E-state index in [2.05, 4.69) is 33.4 Å². The van der Waals surface area contributed by atoms with E-state index < -0.39 is 6.03 Å². The zero-order valence-corrected chi connectivity index (χ0v) is 9.98. The molecule has 1 rings (SSSR count). The first-order valence-corrected chi connectivity index (χ1v) is 5.61. The maximum atomic E-state index is 10.3. The van der Waals surface area contributed by atoms with Gasteiger partial charge in [-0.15, -0.1) is 11.3 Å². The van der Waals surface area contributed by atoms with Crippen molar-refractivity contribution >= 4 is 39.5 Å². The summed E-state index contributed by atoms with van der Waals surface area (Å²) in [6, 6.07) is 1.29. The van der Waals surface area contributed by atoms with Gasteiger partial charge < -0.3 is 5.73 Å². The summed E-state index contributed by atoms with van der Waals surface area (Å²) in [5, 5.41) is 3.67. The summed E-state index contributed by atoms with van der Waals surface area (Å²) in [5.41, 5.74) is 6.99. The molecule has 0 aromatic carbocycles. The highest BCUT2D eigenvalue weighted by Crippen LogP contribution is 2.26. The zero-order valence-electron chi connectivity index (χ0n) is 7.58. The molecule has 0 aliphatic rings. The number of hydrogen-bond acceptors (Lipinski definition) is 3. The molecule has 0 bridgehead atoms. The molecule has 0 unspecified atom stereocenters. The second kappa shape index (κ2) is 5.11. The van der Waals surface area contributed by atoms with Crippen LogP contribution in [0.3, 0.4) is 0 Å².